The molecule has 3 rings (SSSR count). The predicted molar refractivity (Wildman–Crippen MR) is 104 cm³/mol. The third-order valence-electron chi connectivity index (χ3n) is 3.77. The van der Waals surface area contributed by atoms with Gasteiger partial charge in [0.2, 0.25) is 0 Å². The fourth-order valence-corrected chi connectivity index (χ4v) is 3.11. The van der Waals surface area contributed by atoms with Gasteiger partial charge in [0.05, 0.1) is 12.1 Å². The van der Waals surface area contributed by atoms with Crippen molar-refractivity contribution in [1.82, 2.24) is 4.90 Å². The average molecular weight is 381 g/mol. The van der Waals surface area contributed by atoms with E-state index in [0.717, 1.165) is 4.88 Å². The predicted octanol–water partition coefficient (Wildman–Crippen LogP) is 4.36. The number of esters is 1. The summed E-state index contributed by atoms with van der Waals surface area (Å²) in [5.74, 6) is 0.380. The molecule has 1 amide bonds. The fourth-order valence-electron chi connectivity index (χ4n) is 2.36. The summed E-state index contributed by atoms with van der Waals surface area (Å²) < 4.78 is 10.9. The second kappa shape index (κ2) is 9.00. The molecular formula is C21H19NO4S. The SMILES string of the molecule is CN(Cc1cccs1)C(=O)COC(=O)c1cccc(Oc2ccccc2)c1. The van der Waals surface area contributed by atoms with Crippen molar-refractivity contribution in [2.75, 3.05) is 13.7 Å². The summed E-state index contributed by atoms with van der Waals surface area (Å²) >= 11 is 1.58. The lowest BCUT2D eigenvalue weighted by atomic mass is 10.2. The van der Waals surface area contributed by atoms with E-state index in [0.29, 0.717) is 23.6 Å². The summed E-state index contributed by atoms with van der Waals surface area (Å²) in [4.78, 5) is 27.0. The first kappa shape index (κ1) is 18.7. The number of carbonyl (C=O) groups is 2. The Hall–Kier alpha value is -3.12. The summed E-state index contributed by atoms with van der Waals surface area (Å²) in [5.41, 5.74) is 0.331. The first-order chi connectivity index (χ1) is 13.1. The molecule has 27 heavy (non-hydrogen) atoms. The number of likely N-dealkylation sites (N-methyl/N-ethyl adjacent to an activating group) is 1. The Bertz CT molecular complexity index is 894. The van der Waals surface area contributed by atoms with Gasteiger partial charge in [0.15, 0.2) is 6.61 Å². The van der Waals surface area contributed by atoms with Crippen molar-refractivity contribution in [2.24, 2.45) is 0 Å². The molecule has 0 N–H and O–H groups in total. The van der Waals surface area contributed by atoms with E-state index >= 15 is 0 Å². The van der Waals surface area contributed by atoms with Crippen LogP contribution in [-0.2, 0) is 16.1 Å². The zero-order valence-electron chi connectivity index (χ0n) is 14.8. The maximum absolute atomic E-state index is 12.2. The molecule has 1 heterocycles. The van der Waals surface area contributed by atoms with Gasteiger partial charge in [-0.15, -0.1) is 11.3 Å². The molecule has 0 aliphatic rings. The largest absolute Gasteiger partial charge is 0.457 e. The first-order valence-electron chi connectivity index (χ1n) is 8.38. The smallest absolute Gasteiger partial charge is 0.338 e. The number of ether oxygens (including phenoxy) is 2. The molecule has 0 bridgehead atoms. The summed E-state index contributed by atoms with van der Waals surface area (Å²) in [6.07, 6.45) is 0. The number of carbonyl (C=O) groups excluding carboxylic acids is 2. The quantitative estimate of drug-likeness (QED) is 0.571. The monoisotopic (exact) mass is 381 g/mol. The van der Waals surface area contributed by atoms with Crippen LogP contribution in [0.15, 0.2) is 72.1 Å². The summed E-state index contributed by atoms with van der Waals surface area (Å²) in [5, 5.41) is 1.96. The van der Waals surface area contributed by atoms with Crippen molar-refractivity contribution in [3.63, 3.8) is 0 Å². The average Bonchev–Trinajstić information content (AvgIpc) is 3.20. The van der Waals surface area contributed by atoms with E-state index < -0.39 is 5.97 Å². The van der Waals surface area contributed by atoms with E-state index in [1.165, 1.54) is 4.90 Å². The van der Waals surface area contributed by atoms with Crippen molar-refractivity contribution < 1.29 is 19.1 Å². The molecule has 138 valence electrons. The highest BCUT2D eigenvalue weighted by atomic mass is 32.1. The van der Waals surface area contributed by atoms with Crippen LogP contribution in [0.2, 0.25) is 0 Å². The molecule has 1 aromatic heterocycles. The Kier molecular flexibility index (Phi) is 6.22. The normalized spacial score (nSPS) is 10.3. The van der Waals surface area contributed by atoms with E-state index in [9.17, 15) is 9.59 Å². The minimum absolute atomic E-state index is 0.256. The molecule has 0 fully saturated rings. The maximum atomic E-state index is 12.2. The minimum atomic E-state index is -0.564. The number of amides is 1. The van der Waals surface area contributed by atoms with Crippen LogP contribution in [0, 0.1) is 0 Å². The molecule has 3 aromatic rings. The second-order valence-corrected chi connectivity index (χ2v) is 6.88. The van der Waals surface area contributed by atoms with Crippen LogP contribution >= 0.6 is 11.3 Å². The molecule has 0 aliphatic heterocycles. The summed E-state index contributed by atoms with van der Waals surface area (Å²) in [6, 6.07) is 19.9. The molecule has 0 radical (unpaired) electrons. The van der Waals surface area contributed by atoms with E-state index in [4.69, 9.17) is 9.47 Å². The lowest BCUT2D eigenvalue weighted by molar-refractivity contribution is -0.133. The first-order valence-corrected chi connectivity index (χ1v) is 9.26. The van der Waals surface area contributed by atoms with Gasteiger partial charge < -0.3 is 14.4 Å². The van der Waals surface area contributed by atoms with Gasteiger partial charge in [-0.3, -0.25) is 4.79 Å². The van der Waals surface area contributed by atoms with Gasteiger partial charge in [-0.05, 0) is 41.8 Å². The molecule has 5 nitrogen and oxygen atoms in total. The molecule has 0 aliphatic carbocycles. The highest BCUT2D eigenvalue weighted by Gasteiger charge is 2.14. The van der Waals surface area contributed by atoms with E-state index in [2.05, 4.69) is 0 Å². The number of hydrogen-bond acceptors (Lipinski definition) is 5. The molecule has 2 aromatic carbocycles. The van der Waals surface area contributed by atoms with Gasteiger partial charge in [-0.1, -0.05) is 30.3 Å². The Morgan fingerprint density at radius 2 is 1.74 bits per heavy atom. The zero-order chi connectivity index (χ0) is 19.1. The van der Waals surface area contributed by atoms with Crippen LogP contribution in [0.25, 0.3) is 0 Å². The van der Waals surface area contributed by atoms with E-state index in [1.807, 2.05) is 47.8 Å². The molecule has 0 unspecified atom stereocenters. The third-order valence-corrected chi connectivity index (χ3v) is 4.64. The number of rotatable bonds is 7. The van der Waals surface area contributed by atoms with Crippen molar-refractivity contribution in [2.45, 2.75) is 6.54 Å². The topological polar surface area (TPSA) is 55.8 Å². The highest BCUT2D eigenvalue weighted by Crippen LogP contribution is 2.22. The van der Waals surface area contributed by atoms with E-state index in [-0.39, 0.29) is 12.5 Å². The van der Waals surface area contributed by atoms with Crippen LogP contribution < -0.4 is 4.74 Å². The van der Waals surface area contributed by atoms with Crippen LogP contribution in [-0.4, -0.2) is 30.4 Å². The summed E-state index contributed by atoms with van der Waals surface area (Å²) in [6.45, 7) is 0.193. The molecule has 0 spiro atoms. The number of thiophene rings is 1. The Labute approximate surface area is 161 Å². The van der Waals surface area contributed by atoms with Crippen molar-refractivity contribution >= 4 is 23.2 Å². The lowest BCUT2D eigenvalue weighted by Crippen LogP contribution is -2.30. The Balaban J connectivity index is 1.54. The Morgan fingerprint density at radius 1 is 0.963 bits per heavy atom. The number of para-hydroxylation sites is 1. The van der Waals surface area contributed by atoms with Gasteiger partial charge in [0.25, 0.3) is 5.91 Å². The van der Waals surface area contributed by atoms with Gasteiger partial charge in [-0.2, -0.15) is 0 Å². The van der Waals surface area contributed by atoms with E-state index in [1.54, 1.807) is 42.6 Å². The van der Waals surface area contributed by atoms with Crippen molar-refractivity contribution in [3.05, 3.63) is 82.6 Å². The highest BCUT2D eigenvalue weighted by molar-refractivity contribution is 7.09. The van der Waals surface area contributed by atoms with Gasteiger partial charge in [0.1, 0.15) is 11.5 Å². The van der Waals surface area contributed by atoms with Crippen LogP contribution in [0.3, 0.4) is 0 Å². The molecule has 0 atom stereocenters. The standard InChI is InChI=1S/C21H19NO4S/c1-22(14-19-11-6-12-27-19)20(23)15-25-21(24)16-7-5-10-18(13-16)26-17-8-3-2-4-9-17/h2-13H,14-15H2,1H3. The van der Waals surface area contributed by atoms with Gasteiger partial charge in [0, 0.05) is 11.9 Å². The molecular weight excluding hydrogens is 362 g/mol. The van der Waals surface area contributed by atoms with Gasteiger partial charge in [-0.25, -0.2) is 4.79 Å². The van der Waals surface area contributed by atoms with Crippen LogP contribution in [0.5, 0.6) is 11.5 Å². The van der Waals surface area contributed by atoms with Crippen molar-refractivity contribution in [1.29, 1.82) is 0 Å². The number of benzene rings is 2. The van der Waals surface area contributed by atoms with Crippen LogP contribution in [0.1, 0.15) is 15.2 Å². The molecule has 0 saturated heterocycles. The number of nitrogens with zero attached hydrogens (tertiary/aromatic N) is 1. The van der Waals surface area contributed by atoms with Gasteiger partial charge >= 0.3 is 5.97 Å². The Morgan fingerprint density at radius 3 is 2.48 bits per heavy atom. The molecule has 0 saturated carbocycles. The zero-order valence-corrected chi connectivity index (χ0v) is 15.6. The second-order valence-electron chi connectivity index (χ2n) is 5.85. The number of hydrogen-bond donors (Lipinski definition) is 0. The minimum Gasteiger partial charge on any atom is -0.457 e. The fraction of sp³-hybridized carbons (Fsp3) is 0.143. The van der Waals surface area contributed by atoms with Crippen molar-refractivity contribution in [3.8, 4) is 11.5 Å². The maximum Gasteiger partial charge on any atom is 0.338 e. The molecule has 6 heteroatoms. The third kappa shape index (κ3) is 5.43. The lowest BCUT2D eigenvalue weighted by Gasteiger charge is -2.16. The summed E-state index contributed by atoms with van der Waals surface area (Å²) in [7, 11) is 1.68. The van der Waals surface area contributed by atoms with Crippen LogP contribution in [0.4, 0.5) is 0 Å².